The van der Waals surface area contributed by atoms with Gasteiger partial charge in [0.25, 0.3) is 5.56 Å². The second kappa shape index (κ2) is 7.20. The van der Waals surface area contributed by atoms with Crippen molar-refractivity contribution >= 4 is 39.1 Å². The third-order valence-corrected chi connectivity index (χ3v) is 6.99. The highest BCUT2D eigenvalue weighted by atomic mass is 32.2. The predicted molar refractivity (Wildman–Crippen MR) is 108 cm³/mol. The normalized spacial score (nSPS) is 16.5. The SMILES string of the molecule is Cc1cc(C(=O)CSc2nc3sc4c(c3c(=O)[nH]2)CCC(C)C4)ccc1F. The van der Waals surface area contributed by atoms with Gasteiger partial charge in [-0.25, -0.2) is 9.37 Å². The molecule has 2 heterocycles. The Balaban J connectivity index is 1.57. The Kier molecular flexibility index (Phi) is 4.90. The molecule has 1 unspecified atom stereocenters. The molecule has 7 heteroatoms. The topological polar surface area (TPSA) is 62.8 Å². The summed E-state index contributed by atoms with van der Waals surface area (Å²) in [7, 11) is 0. The minimum absolute atomic E-state index is 0.120. The second-order valence-electron chi connectivity index (χ2n) is 7.08. The molecule has 0 bridgehead atoms. The molecule has 0 saturated heterocycles. The molecule has 2 aromatic heterocycles. The van der Waals surface area contributed by atoms with Gasteiger partial charge in [0.15, 0.2) is 10.9 Å². The van der Waals surface area contributed by atoms with Crippen molar-refractivity contribution in [3.8, 4) is 0 Å². The monoisotopic (exact) mass is 402 g/mol. The Morgan fingerprint density at radius 2 is 2.26 bits per heavy atom. The first-order chi connectivity index (χ1) is 12.9. The predicted octanol–water partition coefficient (Wildman–Crippen LogP) is 4.53. The molecule has 1 aromatic carbocycles. The summed E-state index contributed by atoms with van der Waals surface area (Å²) in [5, 5.41) is 1.16. The lowest BCUT2D eigenvalue weighted by Gasteiger charge is -2.17. The van der Waals surface area contributed by atoms with E-state index in [1.165, 1.54) is 28.8 Å². The maximum atomic E-state index is 13.4. The highest BCUT2D eigenvalue weighted by Gasteiger charge is 2.23. The maximum Gasteiger partial charge on any atom is 0.260 e. The van der Waals surface area contributed by atoms with Crippen molar-refractivity contribution in [1.82, 2.24) is 9.97 Å². The number of carbonyl (C=O) groups excluding carboxylic acids is 1. The number of H-pyrrole nitrogens is 1. The summed E-state index contributed by atoms with van der Waals surface area (Å²) in [6.07, 6.45) is 3.02. The van der Waals surface area contributed by atoms with Crippen LogP contribution < -0.4 is 5.56 Å². The lowest BCUT2D eigenvalue weighted by atomic mass is 9.89. The number of rotatable bonds is 4. The summed E-state index contributed by atoms with van der Waals surface area (Å²) >= 11 is 2.80. The molecule has 1 atom stereocenters. The number of thioether (sulfide) groups is 1. The second-order valence-corrected chi connectivity index (χ2v) is 9.13. The average molecular weight is 403 g/mol. The first-order valence-electron chi connectivity index (χ1n) is 8.89. The summed E-state index contributed by atoms with van der Waals surface area (Å²) in [6, 6.07) is 4.34. The lowest BCUT2D eigenvalue weighted by Crippen LogP contribution is -2.14. The van der Waals surface area contributed by atoms with Gasteiger partial charge in [0.1, 0.15) is 10.6 Å². The van der Waals surface area contributed by atoms with Crippen LogP contribution in [0, 0.1) is 18.7 Å². The fourth-order valence-corrected chi connectivity index (χ4v) is 5.63. The fraction of sp³-hybridized carbons (Fsp3) is 0.350. The molecule has 27 heavy (non-hydrogen) atoms. The van der Waals surface area contributed by atoms with Crippen molar-refractivity contribution in [1.29, 1.82) is 0 Å². The van der Waals surface area contributed by atoms with E-state index in [0.717, 1.165) is 29.7 Å². The summed E-state index contributed by atoms with van der Waals surface area (Å²) in [5.74, 6) is 0.328. The molecule has 1 aliphatic carbocycles. The standard InChI is InChI=1S/C20H19FN2O2S2/c1-10-3-5-13-16(7-10)27-19-17(13)18(25)22-20(23-19)26-9-15(24)12-4-6-14(21)11(2)8-12/h4,6,8,10H,3,5,7,9H2,1-2H3,(H,22,23,25). The van der Waals surface area contributed by atoms with Gasteiger partial charge < -0.3 is 4.98 Å². The maximum absolute atomic E-state index is 13.4. The molecule has 0 spiro atoms. The molecule has 1 N–H and O–H groups in total. The molecule has 4 nitrogen and oxygen atoms in total. The summed E-state index contributed by atoms with van der Waals surface area (Å²) in [5.41, 5.74) is 1.93. The molecule has 0 radical (unpaired) electrons. The van der Waals surface area contributed by atoms with Crippen LogP contribution in [0.1, 0.15) is 39.7 Å². The number of thiophene rings is 1. The third kappa shape index (κ3) is 3.58. The van der Waals surface area contributed by atoms with E-state index in [1.54, 1.807) is 24.3 Å². The zero-order chi connectivity index (χ0) is 19.1. The summed E-state index contributed by atoms with van der Waals surface area (Å²) < 4.78 is 13.4. The number of ketones is 1. The van der Waals surface area contributed by atoms with Gasteiger partial charge in [-0.15, -0.1) is 11.3 Å². The molecular weight excluding hydrogens is 383 g/mol. The Labute approximate surface area is 164 Å². The quantitative estimate of drug-likeness (QED) is 0.396. The van der Waals surface area contributed by atoms with E-state index in [1.807, 2.05) is 0 Å². The lowest BCUT2D eigenvalue weighted by molar-refractivity contribution is 0.102. The van der Waals surface area contributed by atoms with Crippen LogP contribution in [-0.4, -0.2) is 21.5 Å². The Bertz CT molecular complexity index is 1100. The van der Waals surface area contributed by atoms with Crippen molar-refractivity contribution < 1.29 is 9.18 Å². The molecule has 1 aliphatic rings. The van der Waals surface area contributed by atoms with E-state index in [2.05, 4.69) is 16.9 Å². The number of Topliss-reactive ketones (excluding diaryl/α,β-unsaturated/α-hetero) is 1. The number of aromatic nitrogens is 2. The van der Waals surface area contributed by atoms with Crippen LogP contribution in [0.5, 0.6) is 0 Å². The van der Waals surface area contributed by atoms with Crippen molar-refractivity contribution in [2.45, 2.75) is 38.3 Å². The number of hydrogen-bond acceptors (Lipinski definition) is 5. The van der Waals surface area contributed by atoms with Gasteiger partial charge in [-0.1, -0.05) is 18.7 Å². The minimum atomic E-state index is -0.327. The number of nitrogens with zero attached hydrogens (tertiary/aromatic N) is 1. The highest BCUT2D eigenvalue weighted by molar-refractivity contribution is 7.99. The average Bonchev–Trinajstić information content (AvgIpc) is 2.99. The number of halogens is 1. The van der Waals surface area contributed by atoms with E-state index in [4.69, 9.17) is 0 Å². The van der Waals surface area contributed by atoms with Crippen LogP contribution in [-0.2, 0) is 12.8 Å². The Morgan fingerprint density at radius 3 is 3.04 bits per heavy atom. The van der Waals surface area contributed by atoms with Crippen LogP contribution in [0.15, 0.2) is 28.2 Å². The summed E-state index contributed by atoms with van der Waals surface area (Å²) in [4.78, 5) is 34.4. The van der Waals surface area contributed by atoms with Gasteiger partial charge in [-0.3, -0.25) is 9.59 Å². The van der Waals surface area contributed by atoms with Crippen LogP contribution in [0.4, 0.5) is 4.39 Å². The molecule has 140 valence electrons. The highest BCUT2D eigenvalue weighted by Crippen LogP contribution is 2.36. The number of fused-ring (bicyclic) bond motifs is 3. The first-order valence-corrected chi connectivity index (χ1v) is 10.7. The smallest absolute Gasteiger partial charge is 0.260 e. The van der Waals surface area contributed by atoms with E-state index < -0.39 is 0 Å². The van der Waals surface area contributed by atoms with E-state index >= 15 is 0 Å². The largest absolute Gasteiger partial charge is 0.301 e. The van der Waals surface area contributed by atoms with Gasteiger partial charge in [0.05, 0.1) is 11.1 Å². The van der Waals surface area contributed by atoms with Gasteiger partial charge >= 0.3 is 0 Å². The van der Waals surface area contributed by atoms with Crippen molar-refractivity contribution in [2.24, 2.45) is 5.92 Å². The van der Waals surface area contributed by atoms with E-state index in [0.29, 0.717) is 27.6 Å². The van der Waals surface area contributed by atoms with Crippen LogP contribution >= 0.6 is 23.1 Å². The van der Waals surface area contributed by atoms with Crippen LogP contribution in [0.3, 0.4) is 0 Å². The molecule has 3 aromatic rings. The molecule has 4 rings (SSSR count). The van der Waals surface area contributed by atoms with Gasteiger partial charge in [0.2, 0.25) is 0 Å². The van der Waals surface area contributed by atoms with Gasteiger partial charge in [0, 0.05) is 10.4 Å². The Morgan fingerprint density at radius 1 is 1.44 bits per heavy atom. The van der Waals surface area contributed by atoms with Crippen LogP contribution in [0.2, 0.25) is 0 Å². The van der Waals surface area contributed by atoms with E-state index in [9.17, 15) is 14.0 Å². The summed E-state index contributed by atoms with van der Waals surface area (Å²) in [6.45, 7) is 3.86. The molecule has 0 saturated carbocycles. The number of nitrogens with one attached hydrogen (secondary N) is 1. The zero-order valence-corrected chi connectivity index (χ0v) is 16.7. The zero-order valence-electron chi connectivity index (χ0n) is 15.1. The molecular formula is C20H19FN2O2S2. The van der Waals surface area contributed by atoms with Gasteiger partial charge in [-0.2, -0.15) is 0 Å². The molecule has 0 fully saturated rings. The number of aromatic amines is 1. The number of aryl methyl sites for hydroxylation is 2. The minimum Gasteiger partial charge on any atom is -0.301 e. The van der Waals surface area contributed by atoms with Crippen molar-refractivity contribution in [3.05, 3.63) is 55.9 Å². The fourth-order valence-electron chi connectivity index (χ4n) is 3.43. The number of hydrogen-bond donors (Lipinski definition) is 1. The van der Waals surface area contributed by atoms with Crippen molar-refractivity contribution in [3.63, 3.8) is 0 Å². The third-order valence-electron chi connectivity index (χ3n) is 4.96. The number of carbonyl (C=O) groups is 1. The van der Waals surface area contributed by atoms with Crippen LogP contribution in [0.25, 0.3) is 10.2 Å². The molecule has 0 amide bonds. The van der Waals surface area contributed by atoms with E-state index in [-0.39, 0.29) is 22.9 Å². The number of benzene rings is 1. The Hall–Kier alpha value is -1.99. The van der Waals surface area contributed by atoms with Crippen molar-refractivity contribution in [2.75, 3.05) is 5.75 Å². The molecule has 0 aliphatic heterocycles. The first kappa shape index (κ1) is 18.4. The van der Waals surface area contributed by atoms with Gasteiger partial charge in [-0.05, 0) is 61.4 Å².